The summed E-state index contributed by atoms with van der Waals surface area (Å²) < 4.78 is 6.13. The van der Waals surface area contributed by atoms with Gasteiger partial charge in [0.25, 0.3) is 0 Å². The van der Waals surface area contributed by atoms with Crippen molar-refractivity contribution in [2.45, 2.75) is 6.92 Å². The summed E-state index contributed by atoms with van der Waals surface area (Å²) in [5, 5.41) is 11.2. The Balaban J connectivity index is 2.44. The summed E-state index contributed by atoms with van der Waals surface area (Å²) in [5.41, 5.74) is 0.712. The molecule has 0 radical (unpaired) electrons. The van der Waals surface area contributed by atoms with Gasteiger partial charge in [-0.25, -0.2) is 4.98 Å². The lowest BCUT2D eigenvalue weighted by Gasteiger charge is -2.08. The Morgan fingerprint density at radius 3 is 2.84 bits per heavy atom. The number of benzene rings is 1. The SMILES string of the molecule is Cc1ccnc(Oc2ccc(Cl)cc2[N+](=O)[O-])c1Br. The average Bonchev–Trinajstić information content (AvgIpc) is 2.36. The normalized spacial score (nSPS) is 10.3. The fraction of sp³-hybridized carbons (Fsp3) is 0.0833. The first kappa shape index (κ1) is 13.8. The molecule has 0 saturated heterocycles. The van der Waals surface area contributed by atoms with E-state index in [1.165, 1.54) is 18.2 Å². The molecule has 0 spiro atoms. The van der Waals surface area contributed by atoms with Crippen LogP contribution in [0.3, 0.4) is 0 Å². The van der Waals surface area contributed by atoms with Crippen LogP contribution < -0.4 is 4.74 Å². The molecule has 0 fully saturated rings. The molecular weight excluding hydrogens is 336 g/mol. The summed E-state index contributed by atoms with van der Waals surface area (Å²) in [6.45, 7) is 1.87. The highest BCUT2D eigenvalue weighted by atomic mass is 79.9. The number of ether oxygens (including phenoxy) is 1. The Bertz CT molecular complexity index is 649. The van der Waals surface area contributed by atoms with Crippen LogP contribution in [0.5, 0.6) is 11.6 Å². The summed E-state index contributed by atoms with van der Waals surface area (Å²) in [6.07, 6.45) is 1.57. The summed E-state index contributed by atoms with van der Waals surface area (Å²) in [5.74, 6) is 0.360. The minimum atomic E-state index is -0.551. The van der Waals surface area contributed by atoms with Gasteiger partial charge in [0.1, 0.15) is 0 Å². The molecule has 0 aliphatic rings. The van der Waals surface area contributed by atoms with Gasteiger partial charge >= 0.3 is 5.69 Å². The lowest BCUT2D eigenvalue weighted by Crippen LogP contribution is -1.96. The molecule has 0 unspecified atom stereocenters. The van der Waals surface area contributed by atoms with Gasteiger partial charge in [-0.3, -0.25) is 10.1 Å². The molecule has 0 atom stereocenters. The van der Waals surface area contributed by atoms with E-state index in [1.807, 2.05) is 6.92 Å². The smallest absolute Gasteiger partial charge is 0.313 e. The van der Waals surface area contributed by atoms with Crippen LogP contribution in [0.4, 0.5) is 5.69 Å². The number of aromatic nitrogens is 1. The van der Waals surface area contributed by atoms with Crippen molar-refractivity contribution in [2.24, 2.45) is 0 Å². The largest absolute Gasteiger partial charge is 0.431 e. The number of aryl methyl sites for hydroxylation is 1. The Morgan fingerprint density at radius 2 is 2.16 bits per heavy atom. The van der Waals surface area contributed by atoms with E-state index in [0.717, 1.165) is 5.56 Å². The van der Waals surface area contributed by atoms with Crippen LogP contribution in [0.2, 0.25) is 5.02 Å². The van der Waals surface area contributed by atoms with Crippen LogP contribution in [0.1, 0.15) is 5.56 Å². The van der Waals surface area contributed by atoms with Gasteiger partial charge in [0.2, 0.25) is 11.6 Å². The monoisotopic (exact) mass is 342 g/mol. The van der Waals surface area contributed by atoms with Crippen molar-refractivity contribution in [1.82, 2.24) is 4.98 Å². The maximum atomic E-state index is 11.0. The van der Waals surface area contributed by atoms with E-state index in [0.29, 0.717) is 4.47 Å². The predicted molar refractivity (Wildman–Crippen MR) is 74.9 cm³/mol. The Hall–Kier alpha value is -1.66. The lowest BCUT2D eigenvalue weighted by atomic mass is 10.3. The third-order valence-electron chi connectivity index (χ3n) is 2.37. The molecule has 1 aromatic heterocycles. The van der Waals surface area contributed by atoms with Crippen molar-refractivity contribution >= 4 is 33.2 Å². The number of halogens is 2. The van der Waals surface area contributed by atoms with Crippen molar-refractivity contribution in [3.8, 4) is 11.6 Å². The summed E-state index contributed by atoms with van der Waals surface area (Å²) in [6, 6.07) is 6.00. The molecule has 1 heterocycles. The van der Waals surface area contributed by atoms with Gasteiger partial charge in [-0.1, -0.05) is 11.6 Å². The molecule has 19 heavy (non-hydrogen) atoms. The van der Waals surface area contributed by atoms with Crippen LogP contribution in [0.15, 0.2) is 34.9 Å². The van der Waals surface area contributed by atoms with Crippen LogP contribution in [-0.2, 0) is 0 Å². The maximum absolute atomic E-state index is 11.0. The topological polar surface area (TPSA) is 65.3 Å². The molecule has 0 saturated carbocycles. The minimum absolute atomic E-state index is 0.0909. The van der Waals surface area contributed by atoms with E-state index in [1.54, 1.807) is 12.3 Å². The van der Waals surface area contributed by atoms with Crippen molar-refractivity contribution in [1.29, 1.82) is 0 Å². The number of nitro groups is 1. The number of rotatable bonds is 3. The van der Waals surface area contributed by atoms with E-state index < -0.39 is 4.92 Å². The van der Waals surface area contributed by atoms with Crippen LogP contribution >= 0.6 is 27.5 Å². The molecule has 0 bridgehead atoms. The second-order valence-corrected chi connectivity index (χ2v) is 4.95. The van der Waals surface area contributed by atoms with Crippen molar-refractivity contribution in [3.63, 3.8) is 0 Å². The van der Waals surface area contributed by atoms with Crippen LogP contribution in [-0.4, -0.2) is 9.91 Å². The first-order chi connectivity index (χ1) is 8.99. The average molecular weight is 344 g/mol. The number of hydrogen-bond acceptors (Lipinski definition) is 4. The zero-order valence-electron chi connectivity index (χ0n) is 9.76. The second kappa shape index (κ2) is 5.54. The molecule has 98 valence electrons. The molecule has 0 N–H and O–H groups in total. The van der Waals surface area contributed by atoms with Gasteiger partial charge < -0.3 is 4.74 Å². The zero-order valence-corrected chi connectivity index (χ0v) is 12.1. The summed E-state index contributed by atoms with van der Waals surface area (Å²) >= 11 is 9.07. The molecule has 2 aromatic rings. The van der Waals surface area contributed by atoms with Crippen molar-refractivity contribution in [3.05, 3.63) is 55.6 Å². The number of nitro benzene ring substituents is 1. The molecular formula is C12H8BrClN2O3. The van der Waals surface area contributed by atoms with Crippen LogP contribution in [0.25, 0.3) is 0 Å². The van der Waals surface area contributed by atoms with Gasteiger partial charge in [-0.15, -0.1) is 0 Å². The Morgan fingerprint density at radius 1 is 1.42 bits per heavy atom. The third kappa shape index (κ3) is 3.02. The molecule has 2 rings (SSSR count). The molecule has 5 nitrogen and oxygen atoms in total. The maximum Gasteiger partial charge on any atom is 0.313 e. The molecule has 0 aliphatic carbocycles. The van der Waals surface area contributed by atoms with Gasteiger partial charge in [0.15, 0.2) is 0 Å². The van der Waals surface area contributed by atoms with Gasteiger partial charge in [0, 0.05) is 17.3 Å². The third-order valence-corrected chi connectivity index (χ3v) is 3.57. The van der Waals surface area contributed by atoms with E-state index in [-0.39, 0.29) is 22.3 Å². The predicted octanol–water partition coefficient (Wildman–Crippen LogP) is 4.51. The highest BCUT2D eigenvalue weighted by molar-refractivity contribution is 9.10. The Labute approximate surface area is 122 Å². The molecule has 0 amide bonds. The molecule has 1 aromatic carbocycles. The summed E-state index contributed by atoms with van der Waals surface area (Å²) in [4.78, 5) is 14.4. The quantitative estimate of drug-likeness (QED) is 0.607. The van der Waals surface area contributed by atoms with E-state index in [2.05, 4.69) is 20.9 Å². The van der Waals surface area contributed by atoms with Gasteiger partial charge in [-0.2, -0.15) is 0 Å². The lowest BCUT2D eigenvalue weighted by molar-refractivity contribution is -0.385. The Kier molecular flexibility index (Phi) is 4.01. The molecule has 0 aliphatic heterocycles. The highest BCUT2D eigenvalue weighted by Gasteiger charge is 2.18. The van der Waals surface area contributed by atoms with E-state index >= 15 is 0 Å². The van der Waals surface area contributed by atoms with Crippen molar-refractivity contribution in [2.75, 3.05) is 0 Å². The van der Waals surface area contributed by atoms with Gasteiger partial charge in [-0.05, 0) is 46.6 Å². The second-order valence-electron chi connectivity index (χ2n) is 3.72. The molecule has 7 heteroatoms. The standard InChI is InChI=1S/C12H8BrClN2O3/c1-7-4-5-15-12(11(7)13)19-10-3-2-8(14)6-9(10)16(17)18/h2-6H,1H3. The van der Waals surface area contributed by atoms with E-state index in [9.17, 15) is 10.1 Å². The zero-order chi connectivity index (χ0) is 14.0. The first-order valence-corrected chi connectivity index (χ1v) is 6.39. The van der Waals surface area contributed by atoms with Crippen LogP contribution in [0, 0.1) is 17.0 Å². The summed E-state index contributed by atoms with van der Waals surface area (Å²) in [7, 11) is 0. The fourth-order valence-electron chi connectivity index (χ4n) is 1.41. The fourth-order valence-corrected chi connectivity index (χ4v) is 1.89. The van der Waals surface area contributed by atoms with Gasteiger partial charge in [0.05, 0.1) is 9.40 Å². The first-order valence-electron chi connectivity index (χ1n) is 5.22. The minimum Gasteiger partial charge on any atom is -0.431 e. The number of nitrogens with zero attached hydrogens (tertiary/aromatic N) is 2. The number of hydrogen-bond donors (Lipinski definition) is 0. The number of pyridine rings is 1. The highest BCUT2D eigenvalue weighted by Crippen LogP contribution is 2.36. The van der Waals surface area contributed by atoms with Crippen molar-refractivity contribution < 1.29 is 9.66 Å². The van der Waals surface area contributed by atoms with E-state index in [4.69, 9.17) is 16.3 Å².